The average Bonchev–Trinajstić information content (AvgIpc) is 3.49. The summed E-state index contributed by atoms with van der Waals surface area (Å²) in [4.78, 5) is 26.1. The zero-order valence-electron chi connectivity index (χ0n) is 15.8. The van der Waals surface area contributed by atoms with E-state index in [1.165, 1.54) is 22.3 Å². The highest BCUT2D eigenvalue weighted by Crippen LogP contribution is 2.14. The highest BCUT2D eigenvalue weighted by molar-refractivity contribution is 7.12. The zero-order valence-corrected chi connectivity index (χ0v) is 16.6. The van der Waals surface area contributed by atoms with Crippen LogP contribution >= 0.6 is 11.3 Å². The molecule has 2 N–H and O–H groups in total. The largest absolute Gasteiger partial charge is 0.339 e. The molecular formula is C21H18N6O2S. The minimum absolute atomic E-state index is 0.268. The van der Waals surface area contributed by atoms with Gasteiger partial charge in [0.25, 0.3) is 5.91 Å². The van der Waals surface area contributed by atoms with Gasteiger partial charge >= 0.3 is 0 Å². The molecule has 0 radical (unpaired) electrons. The number of nitrogens with one attached hydrogen (secondary N) is 2. The van der Waals surface area contributed by atoms with Gasteiger partial charge in [-0.05, 0) is 51.7 Å². The second-order valence-corrected chi connectivity index (χ2v) is 7.43. The van der Waals surface area contributed by atoms with E-state index >= 15 is 0 Å². The lowest BCUT2D eigenvalue weighted by atomic mass is 10.0. The number of hydrogen-bond acceptors (Lipinski definition) is 6. The van der Waals surface area contributed by atoms with E-state index in [1.807, 2.05) is 35.7 Å². The summed E-state index contributed by atoms with van der Waals surface area (Å²) in [6.07, 6.45) is 1.87. The van der Waals surface area contributed by atoms with Gasteiger partial charge in [-0.3, -0.25) is 9.59 Å². The van der Waals surface area contributed by atoms with Gasteiger partial charge in [0.1, 0.15) is 12.4 Å². The topological polar surface area (TPSA) is 102 Å². The average molecular weight is 418 g/mol. The Bertz CT molecular complexity index is 1100. The summed E-state index contributed by atoms with van der Waals surface area (Å²) in [5, 5.41) is 18.6. The smallest absolute Gasteiger partial charge is 0.262 e. The number of anilines is 1. The molecule has 0 saturated heterocycles. The molecule has 2 aromatic carbocycles. The number of benzene rings is 2. The third kappa shape index (κ3) is 4.76. The number of tetrazole rings is 1. The van der Waals surface area contributed by atoms with E-state index in [1.54, 1.807) is 36.4 Å². The fraction of sp³-hybridized carbons (Fsp3) is 0.0952. The maximum absolute atomic E-state index is 13.0. The summed E-state index contributed by atoms with van der Waals surface area (Å²) in [5.41, 5.74) is 2.34. The van der Waals surface area contributed by atoms with Crippen molar-refractivity contribution in [3.05, 3.63) is 88.9 Å². The van der Waals surface area contributed by atoms with Crippen LogP contribution in [0.5, 0.6) is 0 Å². The van der Waals surface area contributed by atoms with Crippen molar-refractivity contribution >= 4 is 28.8 Å². The maximum atomic E-state index is 13.0. The van der Waals surface area contributed by atoms with Gasteiger partial charge in [-0.15, -0.1) is 16.4 Å². The first-order valence-corrected chi connectivity index (χ1v) is 10.1. The summed E-state index contributed by atoms with van der Waals surface area (Å²) >= 11 is 1.33. The number of hydrogen-bond donors (Lipinski definition) is 2. The molecule has 30 heavy (non-hydrogen) atoms. The van der Waals surface area contributed by atoms with Crippen molar-refractivity contribution in [2.75, 3.05) is 5.32 Å². The SMILES string of the molecule is O=C(N[C@H](Cc1ccccc1)C(=O)Nc1ccc(-n2cnnn2)cc1)c1cccs1. The van der Waals surface area contributed by atoms with Crippen molar-refractivity contribution in [3.8, 4) is 5.69 Å². The van der Waals surface area contributed by atoms with Gasteiger partial charge in [0.15, 0.2) is 0 Å². The number of amides is 2. The third-order valence-corrected chi connectivity index (χ3v) is 5.27. The number of nitrogens with zero attached hydrogens (tertiary/aromatic N) is 4. The van der Waals surface area contributed by atoms with Gasteiger partial charge in [0.2, 0.25) is 5.91 Å². The molecule has 0 aliphatic heterocycles. The highest BCUT2D eigenvalue weighted by Gasteiger charge is 2.22. The molecule has 9 heteroatoms. The standard InChI is InChI=1S/C21H18N6O2S/c28-20(23-16-8-10-17(11-9-16)27-14-22-25-26-27)18(13-15-5-2-1-3-6-15)24-21(29)19-7-4-12-30-19/h1-12,14,18H,13H2,(H,23,28)(H,24,29)/t18-/m1/s1. The quantitative estimate of drug-likeness (QED) is 0.480. The Balaban J connectivity index is 1.48. The first kappa shape index (κ1) is 19.5. The Morgan fingerprint density at radius 3 is 2.47 bits per heavy atom. The van der Waals surface area contributed by atoms with Crippen molar-refractivity contribution in [2.45, 2.75) is 12.5 Å². The second kappa shape index (κ2) is 9.10. The molecule has 0 unspecified atom stereocenters. The molecule has 4 rings (SSSR count). The van der Waals surface area contributed by atoms with E-state index in [2.05, 4.69) is 26.2 Å². The summed E-state index contributed by atoms with van der Waals surface area (Å²) in [5.74, 6) is -0.561. The number of aromatic nitrogens is 4. The monoisotopic (exact) mass is 418 g/mol. The van der Waals surface area contributed by atoms with Gasteiger partial charge in [-0.1, -0.05) is 36.4 Å². The lowest BCUT2D eigenvalue weighted by Gasteiger charge is -2.18. The summed E-state index contributed by atoms with van der Waals surface area (Å²) < 4.78 is 1.52. The summed E-state index contributed by atoms with van der Waals surface area (Å²) in [7, 11) is 0. The fourth-order valence-corrected chi connectivity index (χ4v) is 3.53. The molecule has 150 valence electrons. The van der Waals surface area contributed by atoms with Crippen LogP contribution in [0.1, 0.15) is 15.2 Å². The van der Waals surface area contributed by atoms with Crippen LogP contribution in [-0.2, 0) is 11.2 Å². The highest BCUT2D eigenvalue weighted by atomic mass is 32.1. The Labute approximate surface area is 176 Å². The van der Waals surface area contributed by atoms with Crippen molar-refractivity contribution < 1.29 is 9.59 Å². The Morgan fingerprint density at radius 1 is 1.00 bits per heavy atom. The van der Waals surface area contributed by atoms with Crippen LogP contribution in [0.15, 0.2) is 78.4 Å². The first-order chi connectivity index (χ1) is 14.7. The summed E-state index contributed by atoms with van der Waals surface area (Å²) in [6, 6.07) is 19.5. The first-order valence-electron chi connectivity index (χ1n) is 9.21. The number of thiophene rings is 1. The lowest BCUT2D eigenvalue weighted by molar-refractivity contribution is -0.118. The van der Waals surface area contributed by atoms with E-state index in [0.717, 1.165) is 11.3 Å². The number of carbonyl (C=O) groups excluding carboxylic acids is 2. The molecule has 2 heterocycles. The second-order valence-electron chi connectivity index (χ2n) is 6.48. The van der Waals surface area contributed by atoms with Gasteiger partial charge < -0.3 is 10.6 Å². The molecule has 2 aromatic heterocycles. The van der Waals surface area contributed by atoms with E-state index in [9.17, 15) is 9.59 Å². The number of rotatable bonds is 7. The van der Waals surface area contributed by atoms with Gasteiger partial charge in [0.05, 0.1) is 10.6 Å². The maximum Gasteiger partial charge on any atom is 0.262 e. The third-order valence-electron chi connectivity index (χ3n) is 4.40. The van der Waals surface area contributed by atoms with Crippen molar-refractivity contribution in [1.29, 1.82) is 0 Å². The van der Waals surface area contributed by atoms with Crippen LogP contribution in [0.3, 0.4) is 0 Å². The molecular weight excluding hydrogens is 400 g/mol. The Kier molecular flexibility index (Phi) is 5.90. The van der Waals surface area contributed by atoms with E-state index in [0.29, 0.717) is 17.0 Å². The van der Waals surface area contributed by atoms with Crippen LogP contribution in [-0.4, -0.2) is 38.1 Å². The minimum atomic E-state index is -0.721. The van der Waals surface area contributed by atoms with E-state index < -0.39 is 6.04 Å². The van der Waals surface area contributed by atoms with Crippen LogP contribution in [0, 0.1) is 0 Å². The van der Waals surface area contributed by atoms with Gasteiger partial charge in [0, 0.05) is 12.1 Å². The van der Waals surface area contributed by atoms with Gasteiger partial charge in [-0.25, -0.2) is 4.68 Å². The molecule has 0 bridgehead atoms. The van der Waals surface area contributed by atoms with Crippen molar-refractivity contribution in [1.82, 2.24) is 25.5 Å². The zero-order chi connectivity index (χ0) is 20.8. The molecule has 0 aliphatic carbocycles. The molecule has 1 atom stereocenters. The van der Waals surface area contributed by atoms with Crippen LogP contribution in [0.25, 0.3) is 5.69 Å². The van der Waals surface area contributed by atoms with Crippen molar-refractivity contribution in [2.24, 2.45) is 0 Å². The van der Waals surface area contributed by atoms with Crippen molar-refractivity contribution in [3.63, 3.8) is 0 Å². The predicted octanol–water partition coefficient (Wildman–Crippen LogP) is 2.70. The lowest BCUT2D eigenvalue weighted by Crippen LogP contribution is -2.45. The minimum Gasteiger partial charge on any atom is -0.339 e. The normalized spacial score (nSPS) is 11.6. The predicted molar refractivity (Wildman–Crippen MR) is 114 cm³/mol. The fourth-order valence-electron chi connectivity index (χ4n) is 2.90. The Morgan fingerprint density at radius 2 is 1.80 bits per heavy atom. The molecule has 0 aliphatic rings. The van der Waals surface area contributed by atoms with E-state index in [-0.39, 0.29) is 11.8 Å². The molecule has 0 fully saturated rings. The summed E-state index contributed by atoms with van der Waals surface area (Å²) in [6.45, 7) is 0. The van der Waals surface area contributed by atoms with Crippen LogP contribution < -0.4 is 10.6 Å². The molecule has 4 aromatic rings. The molecule has 8 nitrogen and oxygen atoms in total. The Hall–Kier alpha value is -3.85. The molecule has 0 saturated carbocycles. The van der Waals surface area contributed by atoms with Gasteiger partial charge in [-0.2, -0.15) is 0 Å². The van der Waals surface area contributed by atoms with Crippen LogP contribution in [0.4, 0.5) is 5.69 Å². The van der Waals surface area contributed by atoms with E-state index in [4.69, 9.17) is 0 Å². The molecule has 0 spiro atoms. The molecule has 2 amide bonds. The number of carbonyl (C=O) groups is 2. The van der Waals surface area contributed by atoms with Crippen LogP contribution in [0.2, 0.25) is 0 Å².